The van der Waals surface area contributed by atoms with Crippen LogP contribution in [0.4, 0.5) is 0 Å². The summed E-state index contributed by atoms with van der Waals surface area (Å²) in [6, 6.07) is -0.930. The highest BCUT2D eigenvalue weighted by atomic mass is 32.1. The van der Waals surface area contributed by atoms with E-state index in [4.69, 9.17) is 9.84 Å². The van der Waals surface area contributed by atoms with Crippen LogP contribution in [0.2, 0.25) is 0 Å². The van der Waals surface area contributed by atoms with Gasteiger partial charge in [0, 0.05) is 6.92 Å². The Hall–Kier alpha value is -0.890. The van der Waals surface area contributed by atoms with Crippen molar-refractivity contribution in [1.29, 1.82) is 0 Å². The van der Waals surface area contributed by atoms with Gasteiger partial charge in [0.2, 0.25) is 5.91 Å². The third-order valence-electron chi connectivity index (χ3n) is 2.45. The van der Waals surface area contributed by atoms with E-state index in [1.807, 2.05) is 0 Å². The van der Waals surface area contributed by atoms with Gasteiger partial charge in [-0.3, -0.25) is 4.79 Å². The minimum absolute atomic E-state index is 0.406. The Morgan fingerprint density at radius 2 is 2.18 bits per heavy atom. The summed E-state index contributed by atoms with van der Waals surface area (Å²) in [4.78, 5) is 14.6. The molecule has 0 saturated carbocycles. The van der Waals surface area contributed by atoms with Gasteiger partial charge in [-0.05, 0) is 12.2 Å². The Morgan fingerprint density at radius 3 is 2.65 bits per heavy atom. The zero-order valence-electron chi connectivity index (χ0n) is 9.11. The number of rotatable bonds is 3. The molecule has 7 nitrogen and oxygen atoms in total. The summed E-state index contributed by atoms with van der Waals surface area (Å²) in [5.74, 6) is -0.406. The molecule has 17 heavy (non-hydrogen) atoms. The SMILES string of the molecule is CC(=O)N[C@H]1[C@@H](O)[C@H](O)[C@H](CO)O[C@@H]1N=C=S. The Bertz CT molecular complexity index is 333. The van der Waals surface area contributed by atoms with Crippen molar-refractivity contribution in [2.45, 2.75) is 37.5 Å². The average molecular weight is 262 g/mol. The van der Waals surface area contributed by atoms with Crippen LogP contribution in [0.3, 0.4) is 0 Å². The number of nitrogens with one attached hydrogen (secondary N) is 1. The van der Waals surface area contributed by atoms with Gasteiger partial charge in [-0.1, -0.05) is 0 Å². The fourth-order valence-electron chi connectivity index (χ4n) is 1.65. The van der Waals surface area contributed by atoms with Crippen LogP contribution >= 0.6 is 12.2 Å². The first kappa shape index (κ1) is 14.2. The third kappa shape index (κ3) is 3.29. The number of amides is 1. The average Bonchev–Trinajstić information content (AvgIpc) is 2.28. The highest BCUT2D eigenvalue weighted by molar-refractivity contribution is 7.78. The van der Waals surface area contributed by atoms with Crippen molar-refractivity contribution in [3.05, 3.63) is 0 Å². The van der Waals surface area contributed by atoms with E-state index in [0.29, 0.717) is 0 Å². The number of hydrogen-bond acceptors (Lipinski definition) is 7. The Labute approximate surface area is 103 Å². The van der Waals surface area contributed by atoms with Crippen LogP contribution in [0.5, 0.6) is 0 Å². The van der Waals surface area contributed by atoms with Crippen LogP contribution in [0.15, 0.2) is 4.99 Å². The van der Waals surface area contributed by atoms with Crippen molar-refractivity contribution in [2.75, 3.05) is 6.61 Å². The quantitative estimate of drug-likeness (QED) is 0.347. The van der Waals surface area contributed by atoms with Crippen LogP contribution in [-0.2, 0) is 9.53 Å². The lowest BCUT2D eigenvalue weighted by Gasteiger charge is -2.40. The van der Waals surface area contributed by atoms with Crippen LogP contribution in [0.1, 0.15) is 6.92 Å². The monoisotopic (exact) mass is 262 g/mol. The number of aliphatic hydroxyl groups is 3. The highest BCUT2D eigenvalue weighted by Gasteiger charge is 2.44. The first-order valence-electron chi connectivity index (χ1n) is 4.97. The van der Waals surface area contributed by atoms with Crippen LogP contribution < -0.4 is 5.32 Å². The molecule has 4 N–H and O–H groups in total. The molecule has 0 aromatic heterocycles. The van der Waals surface area contributed by atoms with Gasteiger partial charge in [-0.15, -0.1) is 0 Å². The van der Waals surface area contributed by atoms with E-state index in [1.54, 1.807) is 0 Å². The maximum atomic E-state index is 11.0. The molecule has 0 aromatic rings. The first-order valence-corrected chi connectivity index (χ1v) is 5.38. The van der Waals surface area contributed by atoms with Crippen molar-refractivity contribution in [3.8, 4) is 0 Å². The second kappa shape index (κ2) is 6.15. The molecule has 8 heteroatoms. The molecule has 1 heterocycles. The molecule has 5 atom stereocenters. The molecular weight excluding hydrogens is 248 g/mol. The molecule has 0 aromatic carbocycles. The molecule has 1 rings (SSSR count). The summed E-state index contributed by atoms with van der Waals surface area (Å²) < 4.78 is 5.20. The highest BCUT2D eigenvalue weighted by Crippen LogP contribution is 2.21. The maximum Gasteiger partial charge on any atom is 0.217 e. The van der Waals surface area contributed by atoms with Crippen LogP contribution in [-0.4, -0.2) is 63.6 Å². The van der Waals surface area contributed by atoms with Crippen molar-refractivity contribution in [2.24, 2.45) is 4.99 Å². The largest absolute Gasteiger partial charge is 0.394 e. The number of isothiocyanates is 1. The summed E-state index contributed by atoms with van der Waals surface area (Å²) in [6.07, 6.45) is -4.57. The van der Waals surface area contributed by atoms with E-state index in [1.165, 1.54) is 6.92 Å². The van der Waals surface area contributed by atoms with Crippen molar-refractivity contribution in [1.82, 2.24) is 5.32 Å². The van der Waals surface area contributed by atoms with Gasteiger partial charge in [0.15, 0.2) is 6.23 Å². The molecule has 96 valence electrons. The molecule has 1 aliphatic rings. The zero-order chi connectivity index (χ0) is 13.0. The lowest BCUT2D eigenvalue weighted by molar-refractivity contribution is -0.192. The second-order valence-corrected chi connectivity index (χ2v) is 3.86. The van der Waals surface area contributed by atoms with Gasteiger partial charge in [-0.25, -0.2) is 0 Å². The van der Waals surface area contributed by atoms with Crippen LogP contribution in [0.25, 0.3) is 0 Å². The number of aliphatic imine (C=N–C) groups is 1. The van der Waals surface area contributed by atoms with E-state index in [-0.39, 0.29) is 0 Å². The molecule has 0 bridgehead atoms. The number of nitrogens with zero attached hydrogens (tertiary/aromatic N) is 1. The Balaban J connectivity index is 2.90. The molecule has 1 amide bonds. The molecular formula is C9H14N2O5S. The van der Waals surface area contributed by atoms with E-state index in [2.05, 4.69) is 27.7 Å². The number of carbonyl (C=O) groups is 1. The van der Waals surface area contributed by atoms with Gasteiger partial charge in [0.1, 0.15) is 24.4 Å². The molecule has 0 spiro atoms. The maximum absolute atomic E-state index is 11.0. The number of aliphatic hydroxyl groups excluding tert-OH is 3. The number of carbonyl (C=O) groups excluding carboxylic acids is 1. The predicted octanol–water partition coefficient (Wildman–Crippen LogP) is -1.97. The first-order chi connectivity index (χ1) is 8.01. The summed E-state index contributed by atoms with van der Waals surface area (Å²) in [5, 5.41) is 32.9. The van der Waals surface area contributed by atoms with Gasteiger partial charge >= 0.3 is 0 Å². The molecule has 0 aliphatic carbocycles. The van der Waals surface area contributed by atoms with E-state index in [9.17, 15) is 15.0 Å². The van der Waals surface area contributed by atoms with E-state index >= 15 is 0 Å². The van der Waals surface area contributed by atoms with Crippen LogP contribution in [0, 0.1) is 0 Å². The molecule has 1 saturated heterocycles. The number of thiocarbonyl (C=S) groups is 1. The minimum Gasteiger partial charge on any atom is -0.394 e. The number of ether oxygens (including phenoxy) is 1. The van der Waals surface area contributed by atoms with E-state index in [0.717, 1.165) is 0 Å². The molecule has 1 aliphatic heterocycles. The zero-order valence-corrected chi connectivity index (χ0v) is 9.92. The lowest BCUT2D eigenvalue weighted by atomic mass is 9.96. The minimum atomic E-state index is -1.31. The fourth-order valence-corrected chi connectivity index (χ4v) is 1.75. The second-order valence-electron chi connectivity index (χ2n) is 3.68. The normalized spacial score (nSPS) is 37.1. The summed E-state index contributed by atoms with van der Waals surface area (Å²) in [5.41, 5.74) is 0. The van der Waals surface area contributed by atoms with Crippen molar-refractivity contribution < 1.29 is 24.9 Å². The van der Waals surface area contributed by atoms with Crippen molar-refractivity contribution in [3.63, 3.8) is 0 Å². The lowest BCUT2D eigenvalue weighted by Crippen LogP contribution is -2.63. The fraction of sp³-hybridized carbons (Fsp3) is 0.778. The molecule has 0 unspecified atom stereocenters. The number of hydrogen-bond donors (Lipinski definition) is 4. The van der Waals surface area contributed by atoms with Gasteiger partial charge in [0.25, 0.3) is 0 Å². The van der Waals surface area contributed by atoms with Gasteiger partial charge in [0.05, 0.1) is 11.8 Å². The van der Waals surface area contributed by atoms with Gasteiger partial charge in [-0.2, -0.15) is 4.99 Å². The molecule has 1 fully saturated rings. The Morgan fingerprint density at radius 1 is 1.53 bits per heavy atom. The smallest absolute Gasteiger partial charge is 0.217 e. The van der Waals surface area contributed by atoms with Gasteiger partial charge < -0.3 is 25.4 Å². The summed E-state index contributed by atoms with van der Waals surface area (Å²) in [6.45, 7) is 0.782. The van der Waals surface area contributed by atoms with E-state index < -0.39 is 43.1 Å². The Kier molecular flexibility index (Phi) is 5.13. The molecule has 0 radical (unpaired) electrons. The van der Waals surface area contributed by atoms with Crippen molar-refractivity contribution >= 4 is 23.3 Å². The topological polar surface area (TPSA) is 111 Å². The predicted molar refractivity (Wildman–Crippen MR) is 60.4 cm³/mol. The summed E-state index contributed by atoms with van der Waals surface area (Å²) >= 11 is 4.43. The third-order valence-corrected chi connectivity index (χ3v) is 2.56. The summed E-state index contributed by atoms with van der Waals surface area (Å²) in [7, 11) is 0. The standard InChI is InChI=1S/C9H14N2O5S/c1-4(13)11-6-8(15)7(14)5(2-12)16-9(6)10-3-17/h5-9,12,14-15H,2H2,1H3,(H,11,13)/t5-,6-,7+,8+,9-/m0/s1.